The summed E-state index contributed by atoms with van der Waals surface area (Å²) in [4.78, 5) is 21.7. The molecule has 0 aliphatic rings. The summed E-state index contributed by atoms with van der Waals surface area (Å²) >= 11 is 0. The Morgan fingerprint density at radius 1 is 1.24 bits per heavy atom. The Balaban J connectivity index is 3.57. The van der Waals surface area contributed by atoms with Gasteiger partial charge in [-0.05, 0) is 24.6 Å². The van der Waals surface area contributed by atoms with E-state index < -0.39 is 25.5 Å². The van der Waals surface area contributed by atoms with Gasteiger partial charge in [-0.3, -0.25) is 10.1 Å². The molecule has 1 unspecified atom stereocenters. The van der Waals surface area contributed by atoms with Crippen molar-refractivity contribution in [2.24, 2.45) is 5.41 Å². The predicted molar refractivity (Wildman–Crippen MR) is 96.6 cm³/mol. The molecule has 0 aromatic heterocycles. The van der Waals surface area contributed by atoms with Gasteiger partial charge in [0.25, 0.3) is 5.69 Å². The highest BCUT2D eigenvalue weighted by atomic mass is 28.3. The number of hydrogen-bond donors (Lipinski definition) is 1. The van der Waals surface area contributed by atoms with E-state index in [4.69, 9.17) is 14.3 Å². The van der Waals surface area contributed by atoms with Crippen LogP contribution < -0.4 is 4.74 Å². The van der Waals surface area contributed by atoms with Crippen molar-refractivity contribution in [3.05, 3.63) is 33.9 Å². The van der Waals surface area contributed by atoms with Crippen molar-refractivity contribution < 1.29 is 24.0 Å². The number of nitro benzene ring substituents is 1. The molecule has 1 N–H and O–H groups in total. The summed E-state index contributed by atoms with van der Waals surface area (Å²) in [6.45, 7) is 13.9. The van der Waals surface area contributed by atoms with Gasteiger partial charge in [-0.25, -0.2) is 4.79 Å². The molecule has 1 aromatic rings. The normalized spacial score (nSPS) is 13.6. The third kappa shape index (κ3) is 5.27. The van der Waals surface area contributed by atoms with E-state index in [1.807, 2.05) is 47.7 Å². The molecule has 1 radical (unpaired) electrons. The first-order valence-electron chi connectivity index (χ1n) is 7.93. The van der Waals surface area contributed by atoms with E-state index in [-0.39, 0.29) is 23.0 Å². The van der Waals surface area contributed by atoms with Gasteiger partial charge in [-0.15, -0.1) is 0 Å². The summed E-state index contributed by atoms with van der Waals surface area (Å²) < 4.78 is 11.1. The van der Waals surface area contributed by atoms with Crippen LogP contribution in [0, 0.1) is 15.5 Å². The fourth-order valence-electron chi connectivity index (χ4n) is 3.10. The number of rotatable bonds is 6. The Hall–Kier alpha value is -1.93. The molecule has 25 heavy (non-hydrogen) atoms. The van der Waals surface area contributed by atoms with Crippen molar-refractivity contribution in [3.63, 3.8) is 0 Å². The van der Waals surface area contributed by atoms with Gasteiger partial charge < -0.3 is 14.3 Å². The van der Waals surface area contributed by atoms with Gasteiger partial charge >= 0.3 is 6.16 Å². The number of nitrogens with zero attached hydrogens (tertiary/aromatic N) is 1. The molecule has 1 atom stereocenters. The zero-order valence-corrected chi connectivity index (χ0v) is 16.7. The Morgan fingerprint density at radius 3 is 2.20 bits per heavy atom. The minimum atomic E-state index is -1.46. The number of carboxylic acid groups (broad SMARTS) is 1. The molecular formula is C17H26NO6Si. The standard InChI is InChI=1S/C17H26NO6Si/c1-16(2,3)14(24-25(6)7)17(4,5)12-10-11(18(21)22)8-9-13(12)23-15(19)20/h8-10,14H,1-7H3,(H,19,20). The van der Waals surface area contributed by atoms with Crippen LogP contribution in [0.2, 0.25) is 13.1 Å². The monoisotopic (exact) mass is 368 g/mol. The van der Waals surface area contributed by atoms with E-state index in [1.165, 1.54) is 18.2 Å². The maximum Gasteiger partial charge on any atom is 0.511 e. The third-order valence-corrected chi connectivity index (χ3v) is 4.57. The first kappa shape index (κ1) is 21.1. The van der Waals surface area contributed by atoms with Gasteiger partial charge in [0.05, 0.1) is 11.0 Å². The number of carbonyl (C=O) groups is 1. The number of non-ortho nitro benzene ring substituents is 1. The van der Waals surface area contributed by atoms with E-state index in [0.717, 1.165) is 0 Å². The highest BCUT2D eigenvalue weighted by molar-refractivity contribution is 6.48. The third-order valence-electron chi connectivity index (χ3n) is 3.86. The lowest BCUT2D eigenvalue weighted by atomic mass is 9.69. The number of ether oxygens (including phenoxy) is 1. The Bertz CT molecular complexity index is 651. The minimum absolute atomic E-state index is 0.0851. The van der Waals surface area contributed by atoms with Crippen molar-refractivity contribution in [1.29, 1.82) is 0 Å². The number of benzene rings is 1. The van der Waals surface area contributed by atoms with Crippen LogP contribution in [0.1, 0.15) is 40.2 Å². The first-order valence-corrected chi connectivity index (χ1v) is 10.3. The van der Waals surface area contributed by atoms with Crippen LogP contribution in [0.3, 0.4) is 0 Å². The molecule has 7 nitrogen and oxygen atoms in total. The second kappa shape index (κ2) is 7.53. The van der Waals surface area contributed by atoms with E-state index >= 15 is 0 Å². The van der Waals surface area contributed by atoms with Crippen LogP contribution in [0.15, 0.2) is 18.2 Å². The molecule has 0 aliphatic carbocycles. The van der Waals surface area contributed by atoms with Crippen molar-refractivity contribution in [3.8, 4) is 5.75 Å². The summed E-state index contributed by atoms with van der Waals surface area (Å²) in [5.41, 5.74) is -0.660. The molecule has 0 amide bonds. The predicted octanol–water partition coefficient (Wildman–Crippen LogP) is 4.61. The van der Waals surface area contributed by atoms with Crippen molar-refractivity contribution in [1.82, 2.24) is 0 Å². The highest BCUT2D eigenvalue weighted by Gasteiger charge is 2.43. The molecular weight excluding hydrogens is 342 g/mol. The molecule has 0 heterocycles. The SMILES string of the molecule is C[Si](C)OC(C(C)(C)C)C(C)(C)c1cc([N+](=O)[O-])ccc1OC(=O)O. The second-order valence-corrected chi connectivity index (χ2v) is 9.85. The highest BCUT2D eigenvalue weighted by Crippen LogP contribution is 2.44. The van der Waals surface area contributed by atoms with Gasteiger partial charge in [0.15, 0.2) is 0 Å². The summed E-state index contributed by atoms with van der Waals surface area (Å²) in [6, 6.07) is 3.94. The smallest absolute Gasteiger partial charge is 0.449 e. The maximum atomic E-state index is 11.2. The van der Waals surface area contributed by atoms with E-state index in [0.29, 0.717) is 5.56 Å². The second-order valence-electron chi connectivity index (χ2n) is 7.80. The quantitative estimate of drug-likeness (QED) is 0.259. The lowest BCUT2D eigenvalue weighted by Crippen LogP contribution is -2.47. The lowest BCUT2D eigenvalue weighted by Gasteiger charge is -2.44. The maximum absolute atomic E-state index is 11.2. The zero-order valence-electron chi connectivity index (χ0n) is 15.7. The van der Waals surface area contributed by atoms with E-state index in [9.17, 15) is 14.9 Å². The Labute approximate surface area is 149 Å². The molecule has 0 saturated heterocycles. The Morgan fingerprint density at radius 2 is 1.80 bits per heavy atom. The minimum Gasteiger partial charge on any atom is -0.449 e. The van der Waals surface area contributed by atoms with Crippen LogP contribution in [0.4, 0.5) is 10.5 Å². The molecule has 139 valence electrons. The molecule has 0 fully saturated rings. The Kier molecular flexibility index (Phi) is 6.36. The first-order chi connectivity index (χ1) is 11.3. The average molecular weight is 368 g/mol. The van der Waals surface area contributed by atoms with Gasteiger partial charge in [0.2, 0.25) is 9.04 Å². The molecule has 0 bridgehead atoms. The van der Waals surface area contributed by atoms with Crippen LogP contribution >= 0.6 is 0 Å². The van der Waals surface area contributed by atoms with Crippen LogP contribution in [-0.4, -0.2) is 31.3 Å². The number of hydrogen-bond acceptors (Lipinski definition) is 5. The van der Waals surface area contributed by atoms with Gasteiger partial charge in [0, 0.05) is 23.1 Å². The molecule has 0 saturated carbocycles. The van der Waals surface area contributed by atoms with Gasteiger partial charge in [-0.2, -0.15) is 0 Å². The molecule has 1 rings (SSSR count). The topological polar surface area (TPSA) is 98.9 Å². The summed E-state index contributed by atoms with van der Waals surface area (Å²) in [6.07, 6.45) is -1.75. The largest absolute Gasteiger partial charge is 0.511 e. The van der Waals surface area contributed by atoms with Crippen molar-refractivity contribution in [2.45, 2.75) is 59.2 Å². The molecule has 8 heteroatoms. The van der Waals surface area contributed by atoms with Crippen LogP contribution in [0.5, 0.6) is 5.75 Å². The summed E-state index contributed by atoms with van der Waals surface area (Å²) in [7, 11) is -1.06. The molecule has 0 spiro atoms. The average Bonchev–Trinajstić information content (AvgIpc) is 2.42. The van der Waals surface area contributed by atoms with Gasteiger partial charge in [-0.1, -0.05) is 34.6 Å². The van der Waals surface area contributed by atoms with E-state index in [2.05, 4.69) is 0 Å². The van der Waals surface area contributed by atoms with Crippen LogP contribution in [-0.2, 0) is 9.84 Å². The van der Waals surface area contributed by atoms with E-state index in [1.54, 1.807) is 0 Å². The molecule has 1 aromatic carbocycles. The summed E-state index contributed by atoms with van der Waals surface area (Å²) in [5, 5.41) is 20.2. The summed E-state index contributed by atoms with van der Waals surface area (Å²) in [5.74, 6) is 0.0851. The van der Waals surface area contributed by atoms with Crippen molar-refractivity contribution >= 4 is 20.9 Å². The zero-order chi connectivity index (χ0) is 19.6. The fraction of sp³-hybridized carbons (Fsp3) is 0.588. The lowest BCUT2D eigenvalue weighted by molar-refractivity contribution is -0.385. The molecule has 0 aliphatic heterocycles. The van der Waals surface area contributed by atoms with Crippen molar-refractivity contribution in [2.75, 3.05) is 0 Å². The number of nitro groups is 1. The van der Waals surface area contributed by atoms with Gasteiger partial charge in [0.1, 0.15) is 5.75 Å². The fourth-order valence-corrected chi connectivity index (χ4v) is 4.22. The van der Waals surface area contributed by atoms with Crippen LogP contribution in [0.25, 0.3) is 0 Å².